The van der Waals surface area contributed by atoms with Crippen molar-refractivity contribution >= 4 is 28.5 Å². The number of anilines is 2. The van der Waals surface area contributed by atoms with Crippen LogP contribution in [0.4, 0.5) is 11.6 Å². The number of carbonyl (C=O) groups excluding carboxylic acids is 1. The lowest BCUT2D eigenvalue weighted by atomic mass is 9.99. The van der Waals surface area contributed by atoms with Gasteiger partial charge >= 0.3 is 5.63 Å². The molecular weight excluding hydrogens is 434 g/mol. The van der Waals surface area contributed by atoms with E-state index in [0.29, 0.717) is 42.9 Å². The molecule has 2 aromatic heterocycles. The van der Waals surface area contributed by atoms with Crippen LogP contribution in [0.15, 0.2) is 45.6 Å². The average Bonchev–Trinajstić information content (AvgIpc) is 2.88. The van der Waals surface area contributed by atoms with Crippen molar-refractivity contribution in [3.05, 3.63) is 52.4 Å². The van der Waals surface area contributed by atoms with E-state index in [4.69, 9.17) is 9.15 Å². The number of benzene rings is 1. The normalized spacial score (nSPS) is 17.3. The van der Waals surface area contributed by atoms with Gasteiger partial charge in [-0.3, -0.25) is 4.79 Å². The Balaban J connectivity index is 1.24. The minimum atomic E-state index is -0.655. The van der Waals surface area contributed by atoms with Crippen molar-refractivity contribution in [3.8, 4) is 5.75 Å². The third-order valence-electron chi connectivity index (χ3n) is 6.81. The second kappa shape index (κ2) is 9.32. The van der Waals surface area contributed by atoms with Crippen molar-refractivity contribution in [1.29, 1.82) is 0 Å². The van der Waals surface area contributed by atoms with Crippen LogP contribution in [0.2, 0.25) is 0 Å². The summed E-state index contributed by atoms with van der Waals surface area (Å²) in [6.07, 6.45) is 2.37. The molecule has 2 aliphatic rings. The summed E-state index contributed by atoms with van der Waals surface area (Å²) in [5.41, 5.74) is -0.273. The van der Waals surface area contributed by atoms with Crippen LogP contribution in [0.1, 0.15) is 30.1 Å². The highest BCUT2D eigenvalue weighted by Gasteiger charge is 2.26. The van der Waals surface area contributed by atoms with Crippen molar-refractivity contribution in [3.63, 3.8) is 0 Å². The summed E-state index contributed by atoms with van der Waals surface area (Å²) >= 11 is 0. The predicted molar refractivity (Wildman–Crippen MR) is 130 cm³/mol. The standard InChI is InChI=1S/C25H29N5O4/c1-17-8-10-28(11-9-17)21-6-7-22(27-26-21)29-12-14-30(15-13-29)24(31)19-16-18-4-3-5-20(33-2)23(18)34-25(19)32/h3-7,16-17H,8-15H2,1-2H3. The number of fused-ring (bicyclic) bond motifs is 1. The number of hydrogen-bond acceptors (Lipinski definition) is 8. The number of para-hydroxylation sites is 1. The molecule has 0 saturated carbocycles. The van der Waals surface area contributed by atoms with E-state index < -0.39 is 5.63 Å². The lowest BCUT2D eigenvalue weighted by Crippen LogP contribution is -2.49. The molecule has 0 bridgehead atoms. The SMILES string of the molecule is COc1cccc2cc(C(=O)N3CCN(c4ccc(N5CCC(C)CC5)nn4)CC3)c(=O)oc12. The van der Waals surface area contributed by atoms with Crippen LogP contribution < -0.4 is 20.2 Å². The van der Waals surface area contributed by atoms with Gasteiger partial charge in [-0.2, -0.15) is 0 Å². The number of carbonyl (C=O) groups is 1. The minimum Gasteiger partial charge on any atom is -0.493 e. The highest BCUT2D eigenvalue weighted by atomic mass is 16.5. The van der Waals surface area contributed by atoms with E-state index in [-0.39, 0.29) is 11.5 Å². The Labute approximate surface area is 197 Å². The fourth-order valence-corrected chi connectivity index (χ4v) is 4.63. The van der Waals surface area contributed by atoms with E-state index >= 15 is 0 Å². The number of amides is 1. The van der Waals surface area contributed by atoms with E-state index in [2.05, 4.69) is 26.9 Å². The van der Waals surface area contributed by atoms with Crippen LogP contribution in [-0.2, 0) is 0 Å². The number of hydrogen-bond donors (Lipinski definition) is 0. The average molecular weight is 464 g/mol. The van der Waals surface area contributed by atoms with Gasteiger partial charge in [-0.15, -0.1) is 10.2 Å². The molecule has 0 atom stereocenters. The van der Waals surface area contributed by atoms with Gasteiger partial charge in [0.1, 0.15) is 5.56 Å². The Morgan fingerprint density at radius 2 is 1.62 bits per heavy atom. The maximum atomic E-state index is 13.1. The fraction of sp³-hybridized carbons (Fsp3) is 0.440. The molecule has 2 saturated heterocycles. The minimum absolute atomic E-state index is 0.0363. The van der Waals surface area contributed by atoms with Gasteiger partial charge in [0, 0.05) is 44.7 Å². The Bertz CT molecular complexity index is 1230. The van der Waals surface area contributed by atoms with Crippen LogP contribution in [0.5, 0.6) is 5.75 Å². The second-order valence-electron chi connectivity index (χ2n) is 9.02. The van der Waals surface area contributed by atoms with E-state index in [0.717, 1.165) is 30.6 Å². The first-order valence-corrected chi connectivity index (χ1v) is 11.8. The topological polar surface area (TPSA) is 92.0 Å². The monoisotopic (exact) mass is 463 g/mol. The third-order valence-corrected chi connectivity index (χ3v) is 6.81. The van der Waals surface area contributed by atoms with Gasteiger partial charge in [-0.25, -0.2) is 4.79 Å². The molecule has 5 rings (SSSR count). The molecule has 1 aromatic carbocycles. The van der Waals surface area contributed by atoms with Gasteiger partial charge in [0.05, 0.1) is 7.11 Å². The summed E-state index contributed by atoms with van der Waals surface area (Å²) in [6, 6.07) is 10.9. The highest BCUT2D eigenvalue weighted by molar-refractivity contribution is 5.97. The third kappa shape index (κ3) is 4.30. The van der Waals surface area contributed by atoms with Crippen LogP contribution in [0.3, 0.4) is 0 Å². The second-order valence-corrected chi connectivity index (χ2v) is 9.02. The Kier molecular flexibility index (Phi) is 6.08. The van der Waals surface area contributed by atoms with E-state index in [1.165, 1.54) is 20.0 Å². The van der Waals surface area contributed by atoms with E-state index in [1.54, 1.807) is 29.2 Å². The van der Waals surface area contributed by atoms with Crippen LogP contribution in [0, 0.1) is 5.92 Å². The first kappa shape index (κ1) is 22.2. The van der Waals surface area contributed by atoms with Crippen molar-refractivity contribution in [2.75, 3.05) is 56.2 Å². The zero-order valence-electron chi connectivity index (χ0n) is 19.6. The Hall–Kier alpha value is -3.62. The van der Waals surface area contributed by atoms with Gasteiger partial charge in [-0.05, 0) is 43.0 Å². The molecule has 2 aliphatic heterocycles. The van der Waals surface area contributed by atoms with Gasteiger partial charge in [-0.1, -0.05) is 19.1 Å². The predicted octanol–water partition coefficient (Wildman–Crippen LogP) is 2.79. The molecule has 9 nitrogen and oxygen atoms in total. The quantitative estimate of drug-likeness (QED) is 0.546. The molecule has 34 heavy (non-hydrogen) atoms. The van der Waals surface area contributed by atoms with Crippen LogP contribution in [-0.4, -0.2) is 67.4 Å². The molecule has 3 aromatic rings. The van der Waals surface area contributed by atoms with Gasteiger partial charge in [0.25, 0.3) is 5.91 Å². The number of nitrogens with zero attached hydrogens (tertiary/aromatic N) is 5. The van der Waals surface area contributed by atoms with E-state index in [1.807, 2.05) is 12.1 Å². The summed E-state index contributed by atoms with van der Waals surface area (Å²) in [6.45, 7) is 6.54. The molecule has 0 spiro atoms. The number of ether oxygens (including phenoxy) is 1. The molecule has 0 aliphatic carbocycles. The molecule has 2 fully saturated rings. The molecule has 1 amide bonds. The molecule has 4 heterocycles. The zero-order chi connectivity index (χ0) is 23.7. The molecule has 0 unspecified atom stereocenters. The summed E-state index contributed by atoms with van der Waals surface area (Å²) in [5, 5.41) is 9.54. The van der Waals surface area contributed by atoms with Crippen LogP contribution >= 0.6 is 0 Å². The largest absolute Gasteiger partial charge is 0.493 e. The number of piperidine rings is 1. The van der Waals surface area contributed by atoms with Gasteiger partial charge in [0.2, 0.25) is 0 Å². The highest BCUT2D eigenvalue weighted by Crippen LogP contribution is 2.25. The molecular formula is C25H29N5O4. The van der Waals surface area contributed by atoms with E-state index in [9.17, 15) is 9.59 Å². The molecule has 178 valence electrons. The maximum absolute atomic E-state index is 13.1. The van der Waals surface area contributed by atoms with Crippen molar-refractivity contribution in [2.24, 2.45) is 5.92 Å². The van der Waals surface area contributed by atoms with Crippen LogP contribution in [0.25, 0.3) is 11.0 Å². The van der Waals surface area contributed by atoms with Crippen molar-refractivity contribution < 1.29 is 13.9 Å². The summed E-state index contributed by atoms with van der Waals surface area (Å²) in [4.78, 5) is 31.7. The Morgan fingerprint density at radius 1 is 0.971 bits per heavy atom. The number of piperazine rings is 1. The molecule has 0 radical (unpaired) electrons. The summed E-state index contributed by atoms with van der Waals surface area (Å²) in [7, 11) is 1.51. The van der Waals surface area contributed by atoms with Crippen molar-refractivity contribution in [2.45, 2.75) is 19.8 Å². The summed E-state index contributed by atoms with van der Waals surface area (Å²) < 4.78 is 10.7. The maximum Gasteiger partial charge on any atom is 0.349 e. The number of rotatable bonds is 4. The lowest BCUT2D eigenvalue weighted by molar-refractivity contribution is 0.0742. The summed E-state index contributed by atoms with van der Waals surface area (Å²) in [5.74, 6) is 2.64. The lowest BCUT2D eigenvalue weighted by Gasteiger charge is -2.35. The van der Waals surface area contributed by atoms with Crippen molar-refractivity contribution in [1.82, 2.24) is 15.1 Å². The zero-order valence-corrected chi connectivity index (χ0v) is 19.6. The molecule has 9 heteroatoms. The first-order valence-electron chi connectivity index (χ1n) is 11.8. The fourth-order valence-electron chi connectivity index (χ4n) is 4.63. The number of methoxy groups -OCH3 is 1. The first-order chi connectivity index (χ1) is 16.5. The van der Waals surface area contributed by atoms with Gasteiger partial charge < -0.3 is 23.9 Å². The molecule has 0 N–H and O–H groups in total. The number of aromatic nitrogens is 2. The van der Waals surface area contributed by atoms with Gasteiger partial charge in [0.15, 0.2) is 23.0 Å². The smallest absolute Gasteiger partial charge is 0.349 e. The Morgan fingerprint density at radius 3 is 2.24 bits per heavy atom.